The Morgan fingerprint density at radius 1 is 1.33 bits per heavy atom. The monoisotopic (exact) mass is 379 g/mol. The minimum atomic E-state index is -0.687. The first-order valence-electron chi connectivity index (χ1n) is 10.5. The Morgan fingerprint density at radius 3 is 2.89 bits per heavy atom. The molecule has 0 spiro atoms. The molecule has 4 aliphatic rings. The predicted octanol–water partition coefficient (Wildman–Crippen LogP) is 0.872. The molecule has 4 rings (SSSR count). The third kappa shape index (κ3) is 3.79. The topological polar surface area (TPSA) is 59.6 Å². The van der Waals surface area contributed by atoms with E-state index in [0.717, 1.165) is 32.5 Å². The van der Waals surface area contributed by atoms with E-state index in [2.05, 4.69) is 27.0 Å². The van der Waals surface area contributed by atoms with Crippen molar-refractivity contribution >= 4 is 5.91 Å². The fourth-order valence-corrected chi connectivity index (χ4v) is 5.69. The van der Waals surface area contributed by atoms with Gasteiger partial charge in [-0.25, -0.2) is 9.40 Å². The van der Waals surface area contributed by atoms with E-state index in [1.54, 1.807) is 5.01 Å². The molecule has 3 N–H and O–H groups in total. The van der Waals surface area contributed by atoms with E-state index in [-0.39, 0.29) is 18.0 Å². The van der Waals surface area contributed by atoms with Crippen molar-refractivity contribution in [3.05, 3.63) is 11.6 Å². The SMILES string of the molecule is CC1C=C(C2NCCC2C2CC3CNC(C(=O)NN(C)C)N3C2)CCC1F. The number of alkyl halides is 1. The van der Waals surface area contributed by atoms with Crippen LogP contribution in [-0.2, 0) is 4.79 Å². The molecule has 3 fully saturated rings. The lowest BCUT2D eigenvalue weighted by atomic mass is 9.77. The largest absolute Gasteiger partial charge is 0.310 e. The van der Waals surface area contributed by atoms with E-state index < -0.39 is 6.17 Å². The summed E-state index contributed by atoms with van der Waals surface area (Å²) in [4.78, 5) is 14.8. The Morgan fingerprint density at radius 2 is 2.15 bits per heavy atom. The van der Waals surface area contributed by atoms with Crippen LogP contribution in [0.5, 0.6) is 0 Å². The summed E-state index contributed by atoms with van der Waals surface area (Å²) < 4.78 is 13.9. The first-order valence-corrected chi connectivity index (χ1v) is 10.5. The molecule has 1 aliphatic carbocycles. The van der Waals surface area contributed by atoms with E-state index in [4.69, 9.17) is 0 Å². The van der Waals surface area contributed by atoms with Crippen molar-refractivity contribution in [3.8, 4) is 0 Å². The summed E-state index contributed by atoms with van der Waals surface area (Å²) in [6.45, 7) is 4.90. The minimum absolute atomic E-state index is 0.0297. The van der Waals surface area contributed by atoms with Gasteiger partial charge in [0.25, 0.3) is 5.91 Å². The number of halogens is 1. The number of nitrogens with zero attached hydrogens (tertiary/aromatic N) is 2. The fourth-order valence-electron chi connectivity index (χ4n) is 5.69. The number of carbonyl (C=O) groups excluding carboxylic acids is 1. The smallest absolute Gasteiger partial charge is 0.266 e. The number of rotatable bonds is 4. The standard InChI is InChI=1S/C20H34FN5O/c1-12-8-13(4-5-17(12)21)18-16(6-7-22-18)14-9-15-10-23-19(26(15)11-14)20(27)24-25(2)3/h8,12,14-19,22-23H,4-7,9-11H2,1-3H3,(H,24,27). The Bertz CT molecular complexity index is 597. The quantitative estimate of drug-likeness (QED) is 0.500. The van der Waals surface area contributed by atoms with Gasteiger partial charge in [-0.05, 0) is 44.1 Å². The van der Waals surface area contributed by atoms with E-state index >= 15 is 0 Å². The van der Waals surface area contributed by atoms with Gasteiger partial charge in [0.2, 0.25) is 0 Å². The fraction of sp³-hybridized carbons (Fsp3) is 0.850. The number of nitrogens with one attached hydrogen (secondary N) is 3. The van der Waals surface area contributed by atoms with Crippen molar-refractivity contribution < 1.29 is 9.18 Å². The van der Waals surface area contributed by atoms with Crippen LogP contribution in [0.4, 0.5) is 4.39 Å². The Labute approximate surface area is 161 Å². The Kier molecular flexibility index (Phi) is 5.56. The van der Waals surface area contributed by atoms with Gasteiger partial charge in [0.15, 0.2) is 0 Å². The second-order valence-corrected chi connectivity index (χ2v) is 9.07. The van der Waals surface area contributed by atoms with Gasteiger partial charge in [-0.15, -0.1) is 0 Å². The van der Waals surface area contributed by atoms with Gasteiger partial charge >= 0.3 is 0 Å². The zero-order chi connectivity index (χ0) is 19.1. The van der Waals surface area contributed by atoms with Crippen LogP contribution in [0.25, 0.3) is 0 Å². The van der Waals surface area contributed by atoms with Crippen LogP contribution in [0, 0.1) is 17.8 Å². The van der Waals surface area contributed by atoms with Crippen LogP contribution in [-0.4, -0.2) is 74.0 Å². The van der Waals surface area contributed by atoms with Crippen molar-refractivity contribution in [2.75, 3.05) is 33.7 Å². The van der Waals surface area contributed by atoms with Gasteiger partial charge < -0.3 is 5.32 Å². The first kappa shape index (κ1) is 19.3. The highest BCUT2D eigenvalue weighted by molar-refractivity contribution is 5.81. The van der Waals surface area contributed by atoms with Gasteiger partial charge in [0.1, 0.15) is 12.3 Å². The molecule has 27 heavy (non-hydrogen) atoms. The molecule has 3 aliphatic heterocycles. The molecule has 0 saturated carbocycles. The number of amides is 1. The summed E-state index contributed by atoms with van der Waals surface area (Å²) in [7, 11) is 3.68. The van der Waals surface area contributed by atoms with Crippen molar-refractivity contribution in [3.63, 3.8) is 0 Å². The van der Waals surface area contributed by atoms with Crippen molar-refractivity contribution in [1.82, 2.24) is 26.0 Å². The lowest BCUT2D eigenvalue weighted by Gasteiger charge is -2.32. The van der Waals surface area contributed by atoms with Gasteiger partial charge in [-0.3, -0.25) is 20.4 Å². The summed E-state index contributed by atoms with van der Waals surface area (Å²) in [6, 6.07) is 0.843. The highest BCUT2D eigenvalue weighted by Crippen LogP contribution is 2.41. The van der Waals surface area contributed by atoms with Gasteiger partial charge in [-0.1, -0.05) is 18.6 Å². The maximum absolute atomic E-state index is 13.9. The van der Waals surface area contributed by atoms with Crippen LogP contribution in [0.15, 0.2) is 11.6 Å². The number of hydrogen-bond donors (Lipinski definition) is 3. The van der Waals surface area contributed by atoms with Crippen molar-refractivity contribution in [2.45, 2.75) is 57.0 Å². The molecule has 7 unspecified atom stereocenters. The van der Waals surface area contributed by atoms with Crippen LogP contribution in [0.2, 0.25) is 0 Å². The second kappa shape index (κ2) is 7.78. The summed E-state index contributed by atoms with van der Waals surface area (Å²) in [5.74, 6) is 1.27. The predicted molar refractivity (Wildman–Crippen MR) is 103 cm³/mol. The number of hydrogen-bond acceptors (Lipinski definition) is 5. The zero-order valence-corrected chi connectivity index (χ0v) is 16.7. The first-order chi connectivity index (χ1) is 12.9. The maximum atomic E-state index is 13.9. The number of fused-ring (bicyclic) bond motifs is 1. The third-order valence-corrected chi connectivity index (χ3v) is 6.98. The van der Waals surface area contributed by atoms with Gasteiger partial charge in [-0.2, -0.15) is 0 Å². The number of hydrazine groups is 1. The van der Waals surface area contributed by atoms with E-state index in [1.165, 1.54) is 12.0 Å². The summed E-state index contributed by atoms with van der Waals surface area (Å²) >= 11 is 0. The number of carbonyl (C=O) groups is 1. The summed E-state index contributed by atoms with van der Waals surface area (Å²) in [5.41, 5.74) is 4.31. The molecule has 0 aromatic carbocycles. The summed E-state index contributed by atoms with van der Waals surface area (Å²) in [6.07, 6.45) is 5.15. The molecule has 7 atom stereocenters. The molecule has 3 heterocycles. The number of allylic oxidation sites excluding steroid dienone is 1. The molecular formula is C20H34FN5O. The molecule has 0 radical (unpaired) electrons. The lowest BCUT2D eigenvalue weighted by Crippen LogP contribution is -2.52. The average Bonchev–Trinajstić information content (AvgIpc) is 3.30. The zero-order valence-electron chi connectivity index (χ0n) is 16.7. The molecule has 7 heteroatoms. The normalized spacial score (nSPS) is 42.4. The molecule has 6 nitrogen and oxygen atoms in total. The van der Waals surface area contributed by atoms with E-state index in [0.29, 0.717) is 30.3 Å². The molecule has 0 aromatic heterocycles. The molecule has 152 valence electrons. The van der Waals surface area contributed by atoms with Crippen LogP contribution >= 0.6 is 0 Å². The molecule has 0 aromatic rings. The highest BCUT2D eigenvalue weighted by atomic mass is 19.1. The summed E-state index contributed by atoms with van der Waals surface area (Å²) in [5, 5.41) is 8.79. The van der Waals surface area contributed by atoms with Crippen LogP contribution in [0.3, 0.4) is 0 Å². The molecular weight excluding hydrogens is 345 g/mol. The molecule has 1 amide bonds. The minimum Gasteiger partial charge on any atom is -0.310 e. The Hall–Kier alpha value is -1.02. The lowest BCUT2D eigenvalue weighted by molar-refractivity contribution is -0.130. The van der Waals surface area contributed by atoms with E-state index in [1.807, 2.05) is 21.0 Å². The molecule has 0 bridgehead atoms. The van der Waals surface area contributed by atoms with Gasteiger partial charge in [0, 0.05) is 45.2 Å². The second-order valence-electron chi connectivity index (χ2n) is 9.07. The highest BCUT2D eigenvalue weighted by Gasteiger charge is 2.48. The van der Waals surface area contributed by atoms with Crippen molar-refractivity contribution in [1.29, 1.82) is 0 Å². The van der Waals surface area contributed by atoms with Gasteiger partial charge in [0.05, 0.1) is 0 Å². The van der Waals surface area contributed by atoms with E-state index in [9.17, 15) is 9.18 Å². The third-order valence-electron chi connectivity index (χ3n) is 6.98. The van der Waals surface area contributed by atoms with Crippen molar-refractivity contribution in [2.24, 2.45) is 17.8 Å². The maximum Gasteiger partial charge on any atom is 0.266 e. The average molecular weight is 380 g/mol. The Balaban J connectivity index is 1.42. The van der Waals surface area contributed by atoms with Crippen LogP contribution < -0.4 is 16.1 Å². The van der Waals surface area contributed by atoms with Crippen LogP contribution in [0.1, 0.15) is 32.6 Å². The molecule has 3 saturated heterocycles.